The number of nitrogens with one attached hydrogen (secondary N) is 1. The number of hydrogen-bond donors (Lipinski definition) is 3. The van der Waals surface area contributed by atoms with Crippen molar-refractivity contribution in [2.45, 2.75) is 13.5 Å². The summed E-state index contributed by atoms with van der Waals surface area (Å²) in [6.45, 7) is 2.49. The molecule has 0 aliphatic carbocycles. The minimum Gasteiger partial charge on any atom is -0.399 e. The highest BCUT2D eigenvalue weighted by Crippen LogP contribution is 2.19. The smallest absolute Gasteiger partial charge is 0.250 e. The monoisotopic (exact) mass is 256 g/mol. The molecule has 2 aromatic rings. The molecule has 19 heavy (non-hydrogen) atoms. The Morgan fingerprint density at radius 2 is 2.16 bits per heavy atom. The number of hydrogen-bond acceptors (Lipinski definition) is 4. The molecule has 1 amide bonds. The summed E-state index contributed by atoms with van der Waals surface area (Å²) in [6, 6.07) is 8.83. The molecule has 0 spiro atoms. The van der Waals surface area contributed by atoms with Gasteiger partial charge >= 0.3 is 0 Å². The SMILES string of the molecule is Cc1cccnc1CNc1cc(N)ccc1C(N)=O. The van der Waals surface area contributed by atoms with Crippen LogP contribution in [0.4, 0.5) is 11.4 Å². The molecule has 1 aromatic carbocycles. The zero-order chi connectivity index (χ0) is 13.8. The molecule has 5 N–H and O–H groups in total. The maximum Gasteiger partial charge on any atom is 0.250 e. The highest BCUT2D eigenvalue weighted by Gasteiger charge is 2.08. The highest BCUT2D eigenvalue weighted by molar-refractivity contribution is 5.99. The average Bonchev–Trinajstić information content (AvgIpc) is 2.37. The van der Waals surface area contributed by atoms with E-state index in [0.717, 1.165) is 11.3 Å². The third-order valence-corrected chi connectivity index (χ3v) is 2.87. The van der Waals surface area contributed by atoms with Gasteiger partial charge in [0.15, 0.2) is 0 Å². The van der Waals surface area contributed by atoms with Crippen LogP contribution >= 0.6 is 0 Å². The number of rotatable bonds is 4. The van der Waals surface area contributed by atoms with Crippen LogP contribution < -0.4 is 16.8 Å². The first-order valence-corrected chi connectivity index (χ1v) is 5.91. The number of nitrogen functional groups attached to an aromatic ring is 1. The fourth-order valence-corrected chi connectivity index (χ4v) is 1.81. The summed E-state index contributed by atoms with van der Waals surface area (Å²) in [7, 11) is 0. The van der Waals surface area contributed by atoms with Gasteiger partial charge in [-0.05, 0) is 36.8 Å². The van der Waals surface area contributed by atoms with Gasteiger partial charge in [0.05, 0.1) is 17.8 Å². The number of benzene rings is 1. The van der Waals surface area contributed by atoms with Crippen molar-refractivity contribution in [2.24, 2.45) is 5.73 Å². The Balaban J connectivity index is 2.22. The fraction of sp³-hybridized carbons (Fsp3) is 0.143. The van der Waals surface area contributed by atoms with Crippen molar-refractivity contribution in [3.05, 3.63) is 53.3 Å². The van der Waals surface area contributed by atoms with Gasteiger partial charge < -0.3 is 16.8 Å². The zero-order valence-electron chi connectivity index (χ0n) is 10.7. The molecule has 0 radical (unpaired) electrons. The summed E-state index contributed by atoms with van der Waals surface area (Å²) >= 11 is 0. The van der Waals surface area contributed by atoms with Crippen LogP contribution in [0.25, 0.3) is 0 Å². The van der Waals surface area contributed by atoms with Crippen LogP contribution in [-0.2, 0) is 6.54 Å². The molecule has 0 aliphatic heterocycles. The maximum absolute atomic E-state index is 11.3. The lowest BCUT2D eigenvalue weighted by molar-refractivity contribution is 0.100. The predicted octanol–water partition coefficient (Wildman–Crippen LogP) is 1.68. The van der Waals surface area contributed by atoms with E-state index < -0.39 is 5.91 Å². The van der Waals surface area contributed by atoms with E-state index in [1.165, 1.54) is 0 Å². The largest absolute Gasteiger partial charge is 0.399 e. The second kappa shape index (κ2) is 5.39. The van der Waals surface area contributed by atoms with E-state index >= 15 is 0 Å². The van der Waals surface area contributed by atoms with Crippen LogP contribution in [0.2, 0.25) is 0 Å². The van der Waals surface area contributed by atoms with Crippen LogP contribution in [0.1, 0.15) is 21.6 Å². The van der Waals surface area contributed by atoms with Gasteiger partial charge in [-0.25, -0.2) is 0 Å². The van der Waals surface area contributed by atoms with E-state index in [4.69, 9.17) is 11.5 Å². The van der Waals surface area contributed by atoms with Gasteiger partial charge in [0, 0.05) is 17.6 Å². The number of nitrogens with zero attached hydrogens (tertiary/aromatic N) is 1. The van der Waals surface area contributed by atoms with Gasteiger partial charge in [0.2, 0.25) is 0 Å². The second-order valence-electron chi connectivity index (χ2n) is 4.29. The molecular formula is C14H16N4O. The number of anilines is 2. The first-order valence-electron chi connectivity index (χ1n) is 5.91. The van der Waals surface area contributed by atoms with Crippen molar-refractivity contribution >= 4 is 17.3 Å². The second-order valence-corrected chi connectivity index (χ2v) is 4.29. The Bertz CT molecular complexity index is 610. The summed E-state index contributed by atoms with van der Waals surface area (Å²) in [5, 5.41) is 3.15. The van der Waals surface area contributed by atoms with Crippen molar-refractivity contribution in [2.75, 3.05) is 11.1 Å². The van der Waals surface area contributed by atoms with E-state index in [9.17, 15) is 4.79 Å². The summed E-state index contributed by atoms with van der Waals surface area (Å²) in [4.78, 5) is 15.6. The Labute approximate surface area is 111 Å². The molecule has 0 aliphatic rings. The normalized spacial score (nSPS) is 10.2. The number of nitrogens with two attached hydrogens (primary N) is 2. The molecule has 5 nitrogen and oxygen atoms in total. The highest BCUT2D eigenvalue weighted by atomic mass is 16.1. The molecule has 1 aromatic heterocycles. The summed E-state index contributed by atoms with van der Waals surface area (Å²) in [5.41, 5.74) is 14.7. The van der Waals surface area contributed by atoms with Crippen LogP contribution in [0.5, 0.6) is 0 Å². The lowest BCUT2D eigenvalue weighted by Crippen LogP contribution is -2.15. The molecule has 0 fully saturated rings. The van der Waals surface area contributed by atoms with Crippen molar-refractivity contribution < 1.29 is 4.79 Å². The van der Waals surface area contributed by atoms with Gasteiger partial charge in [-0.2, -0.15) is 0 Å². The van der Waals surface area contributed by atoms with E-state index in [-0.39, 0.29) is 0 Å². The number of amides is 1. The van der Waals surface area contributed by atoms with Crippen LogP contribution in [0, 0.1) is 6.92 Å². The Morgan fingerprint density at radius 3 is 2.84 bits per heavy atom. The molecule has 5 heteroatoms. The minimum absolute atomic E-state index is 0.419. The average molecular weight is 256 g/mol. The lowest BCUT2D eigenvalue weighted by atomic mass is 10.1. The third kappa shape index (κ3) is 3.01. The van der Waals surface area contributed by atoms with Crippen molar-refractivity contribution in [3.63, 3.8) is 0 Å². The van der Waals surface area contributed by atoms with E-state index in [2.05, 4.69) is 10.3 Å². The first kappa shape index (κ1) is 12.9. The van der Waals surface area contributed by atoms with E-state index in [0.29, 0.717) is 23.5 Å². The molecule has 98 valence electrons. The van der Waals surface area contributed by atoms with Crippen molar-refractivity contribution in [1.82, 2.24) is 4.98 Å². The topological polar surface area (TPSA) is 94.0 Å². The Kier molecular flexibility index (Phi) is 3.66. The first-order chi connectivity index (χ1) is 9.08. The minimum atomic E-state index is -0.486. The third-order valence-electron chi connectivity index (χ3n) is 2.87. The van der Waals surface area contributed by atoms with Crippen molar-refractivity contribution in [3.8, 4) is 0 Å². The van der Waals surface area contributed by atoms with Crippen LogP contribution in [0.15, 0.2) is 36.5 Å². The molecular weight excluding hydrogens is 240 g/mol. The predicted molar refractivity (Wildman–Crippen MR) is 75.7 cm³/mol. The van der Waals surface area contributed by atoms with Gasteiger partial charge in [0.1, 0.15) is 0 Å². The number of carbonyl (C=O) groups is 1. The lowest BCUT2D eigenvalue weighted by Gasteiger charge is -2.11. The molecule has 0 unspecified atom stereocenters. The quantitative estimate of drug-likeness (QED) is 0.725. The zero-order valence-corrected chi connectivity index (χ0v) is 10.7. The molecule has 1 heterocycles. The van der Waals surface area contributed by atoms with Crippen LogP contribution in [-0.4, -0.2) is 10.9 Å². The number of aromatic nitrogens is 1. The molecule has 0 saturated carbocycles. The number of pyridine rings is 1. The fourth-order valence-electron chi connectivity index (χ4n) is 1.81. The summed E-state index contributed by atoms with van der Waals surface area (Å²) in [5.74, 6) is -0.486. The van der Waals surface area contributed by atoms with Gasteiger partial charge in [-0.3, -0.25) is 9.78 Å². The molecule has 2 rings (SSSR count). The van der Waals surface area contributed by atoms with Crippen molar-refractivity contribution in [1.29, 1.82) is 0 Å². The van der Waals surface area contributed by atoms with Gasteiger partial charge in [0.25, 0.3) is 5.91 Å². The maximum atomic E-state index is 11.3. The molecule has 0 bridgehead atoms. The van der Waals surface area contributed by atoms with Crippen LogP contribution in [0.3, 0.4) is 0 Å². The van der Waals surface area contributed by atoms with E-state index in [1.54, 1.807) is 24.4 Å². The van der Waals surface area contributed by atoms with E-state index in [1.807, 2.05) is 19.1 Å². The van der Waals surface area contributed by atoms with Gasteiger partial charge in [-0.15, -0.1) is 0 Å². The number of primary amides is 1. The Morgan fingerprint density at radius 1 is 1.37 bits per heavy atom. The summed E-state index contributed by atoms with van der Waals surface area (Å²) in [6.07, 6.45) is 1.73. The molecule has 0 saturated heterocycles. The standard InChI is InChI=1S/C14H16N4O/c1-9-3-2-6-17-13(9)8-18-12-7-10(15)4-5-11(12)14(16)19/h2-7,18H,8,15H2,1H3,(H2,16,19). The van der Waals surface area contributed by atoms with Gasteiger partial charge in [-0.1, -0.05) is 6.07 Å². The number of aryl methyl sites for hydroxylation is 1. The summed E-state index contributed by atoms with van der Waals surface area (Å²) < 4.78 is 0. The Hall–Kier alpha value is -2.56. The molecule has 0 atom stereocenters. The number of carbonyl (C=O) groups excluding carboxylic acids is 1.